The molecule has 1 aromatic heterocycles. The molecule has 2 aliphatic rings. The molecule has 160 valence electrons. The van der Waals surface area contributed by atoms with E-state index < -0.39 is 5.41 Å². The maximum Gasteiger partial charge on any atom is 0.257 e. The number of carbonyl (C=O) groups excluding carboxylic acids is 2. The molecule has 2 N–H and O–H groups in total. The summed E-state index contributed by atoms with van der Waals surface area (Å²) in [4.78, 5) is 28.2. The number of amides is 2. The van der Waals surface area contributed by atoms with E-state index in [1.165, 1.54) is 0 Å². The number of aryl methyl sites for hydroxylation is 2. The summed E-state index contributed by atoms with van der Waals surface area (Å²) in [5, 5.41) is 10.3. The fourth-order valence-electron chi connectivity index (χ4n) is 4.77. The van der Waals surface area contributed by atoms with E-state index in [0.717, 1.165) is 42.7 Å². The third kappa shape index (κ3) is 3.80. The Kier molecular flexibility index (Phi) is 5.54. The van der Waals surface area contributed by atoms with Gasteiger partial charge < -0.3 is 15.0 Å². The van der Waals surface area contributed by atoms with Gasteiger partial charge in [-0.3, -0.25) is 14.7 Å². The van der Waals surface area contributed by atoms with E-state index >= 15 is 0 Å². The molecular formula is C23H30N4O3. The highest BCUT2D eigenvalue weighted by Gasteiger charge is 2.51. The first-order chi connectivity index (χ1) is 14.4. The number of aromatic nitrogens is 2. The second kappa shape index (κ2) is 8.13. The van der Waals surface area contributed by atoms with Gasteiger partial charge in [-0.05, 0) is 50.8 Å². The lowest BCUT2D eigenvalue weighted by molar-refractivity contribution is -0.140. The van der Waals surface area contributed by atoms with Crippen molar-refractivity contribution in [2.24, 2.45) is 5.41 Å². The molecule has 2 fully saturated rings. The molecule has 7 nitrogen and oxygen atoms in total. The zero-order chi connectivity index (χ0) is 21.3. The van der Waals surface area contributed by atoms with Gasteiger partial charge in [-0.1, -0.05) is 25.0 Å². The van der Waals surface area contributed by atoms with Crippen molar-refractivity contribution in [2.75, 3.05) is 20.2 Å². The molecule has 30 heavy (non-hydrogen) atoms. The number of hydrogen-bond acceptors (Lipinski definition) is 4. The zero-order valence-corrected chi connectivity index (χ0v) is 18.0. The fourth-order valence-corrected chi connectivity index (χ4v) is 4.77. The standard InChI is InChI=1S/C23H30N4O3/c1-15-20(16(2)26-25-15)21(28)27-13-23(14-27,22(29)24-18-8-4-5-9-18)12-17-7-6-10-19(11-17)30-3/h6-7,10-11,18H,4-5,8-9,12-14H2,1-3H3,(H,24,29)(H,25,26). The van der Waals surface area contributed by atoms with Crippen LogP contribution in [0.25, 0.3) is 0 Å². The van der Waals surface area contributed by atoms with Crippen LogP contribution in [0.1, 0.15) is 53.0 Å². The Morgan fingerprint density at radius 2 is 2.00 bits per heavy atom. The smallest absolute Gasteiger partial charge is 0.257 e. The maximum absolute atomic E-state index is 13.4. The number of nitrogens with zero attached hydrogens (tertiary/aromatic N) is 2. The topological polar surface area (TPSA) is 87.3 Å². The highest BCUT2D eigenvalue weighted by atomic mass is 16.5. The molecular weight excluding hydrogens is 380 g/mol. The fraction of sp³-hybridized carbons (Fsp3) is 0.522. The predicted octanol–water partition coefficient (Wildman–Crippen LogP) is 2.78. The van der Waals surface area contributed by atoms with Crippen LogP contribution in [0.3, 0.4) is 0 Å². The van der Waals surface area contributed by atoms with E-state index in [1.807, 2.05) is 38.1 Å². The summed E-state index contributed by atoms with van der Waals surface area (Å²) < 4.78 is 5.35. The summed E-state index contributed by atoms with van der Waals surface area (Å²) in [6, 6.07) is 8.08. The quantitative estimate of drug-likeness (QED) is 0.767. The highest BCUT2D eigenvalue weighted by molar-refractivity contribution is 5.98. The first kappa shape index (κ1) is 20.4. The Hall–Kier alpha value is -2.83. The average molecular weight is 411 g/mol. The molecule has 0 radical (unpaired) electrons. The van der Waals surface area contributed by atoms with Crippen LogP contribution in [0.15, 0.2) is 24.3 Å². The number of ether oxygens (including phenoxy) is 1. The van der Waals surface area contributed by atoms with Crippen molar-refractivity contribution in [2.45, 2.75) is 52.0 Å². The third-order valence-electron chi connectivity index (χ3n) is 6.46. The van der Waals surface area contributed by atoms with Gasteiger partial charge in [0, 0.05) is 24.8 Å². The maximum atomic E-state index is 13.4. The Morgan fingerprint density at radius 3 is 2.63 bits per heavy atom. The van der Waals surface area contributed by atoms with Gasteiger partial charge in [0.2, 0.25) is 5.91 Å². The molecule has 2 amide bonds. The van der Waals surface area contributed by atoms with Crippen LogP contribution < -0.4 is 10.1 Å². The summed E-state index contributed by atoms with van der Waals surface area (Å²) in [6.45, 7) is 4.49. The summed E-state index contributed by atoms with van der Waals surface area (Å²) in [7, 11) is 1.64. The lowest BCUT2D eigenvalue weighted by Gasteiger charge is -2.49. The lowest BCUT2D eigenvalue weighted by Crippen LogP contribution is -2.66. The van der Waals surface area contributed by atoms with Gasteiger partial charge in [0.1, 0.15) is 5.75 Å². The van der Waals surface area contributed by atoms with Gasteiger partial charge in [-0.25, -0.2) is 0 Å². The SMILES string of the molecule is COc1cccc(CC2(C(=O)NC3CCCC3)CN(C(=O)c3c(C)n[nH]c3C)C2)c1. The van der Waals surface area contributed by atoms with Gasteiger partial charge in [0.25, 0.3) is 5.91 Å². The Labute approximate surface area is 177 Å². The molecule has 0 bridgehead atoms. The predicted molar refractivity (Wildman–Crippen MR) is 113 cm³/mol. The number of methoxy groups -OCH3 is 1. The molecule has 0 unspecified atom stereocenters. The zero-order valence-electron chi connectivity index (χ0n) is 18.0. The van der Waals surface area contributed by atoms with Crippen LogP contribution in [0.5, 0.6) is 5.75 Å². The number of nitrogens with one attached hydrogen (secondary N) is 2. The molecule has 4 rings (SSSR count). The van der Waals surface area contributed by atoms with E-state index in [1.54, 1.807) is 12.0 Å². The van der Waals surface area contributed by atoms with Crippen LogP contribution >= 0.6 is 0 Å². The summed E-state index contributed by atoms with van der Waals surface area (Å²) in [6.07, 6.45) is 4.99. The van der Waals surface area contributed by atoms with E-state index in [-0.39, 0.29) is 17.9 Å². The monoisotopic (exact) mass is 410 g/mol. The first-order valence-electron chi connectivity index (χ1n) is 10.7. The molecule has 1 aliphatic heterocycles. The van der Waals surface area contributed by atoms with Gasteiger partial charge in [-0.2, -0.15) is 5.10 Å². The van der Waals surface area contributed by atoms with Crippen molar-refractivity contribution in [3.63, 3.8) is 0 Å². The van der Waals surface area contributed by atoms with Crippen molar-refractivity contribution in [1.29, 1.82) is 0 Å². The second-order valence-electron chi connectivity index (χ2n) is 8.73. The lowest BCUT2D eigenvalue weighted by atomic mass is 9.73. The first-order valence-corrected chi connectivity index (χ1v) is 10.7. The molecule has 2 heterocycles. The van der Waals surface area contributed by atoms with E-state index in [9.17, 15) is 9.59 Å². The van der Waals surface area contributed by atoms with Crippen molar-refractivity contribution in [3.05, 3.63) is 46.8 Å². The average Bonchev–Trinajstić information content (AvgIpc) is 3.33. The normalized spacial score (nSPS) is 18.2. The molecule has 1 saturated carbocycles. The minimum absolute atomic E-state index is 0.0573. The van der Waals surface area contributed by atoms with Gasteiger partial charge in [0.05, 0.1) is 23.8 Å². The molecule has 7 heteroatoms. The Bertz CT molecular complexity index is 920. The van der Waals surface area contributed by atoms with Crippen LogP contribution in [-0.2, 0) is 11.2 Å². The number of aromatic amines is 1. The van der Waals surface area contributed by atoms with Crippen molar-refractivity contribution in [3.8, 4) is 5.75 Å². The second-order valence-corrected chi connectivity index (χ2v) is 8.73. The third-order valence-corrected chi connectivity index (χ3v) is 6.46. The molecule has 0 atom stereocenters. The summed E-state index contributed by atoms with van der Waals surface area (Å²) >= 11 is 0. The van der Waals surface area contributed by atoms with E-state index in [0.29, 0.717) is 30.8 Å². The molecule has 1 saturated heterocycles. The molecule has 1 aliphatic carbocycles. The van der Waals surface area contributed by atoms with Crippen LogP contribution in [-0.4, -0.2) is 53.2 Å². The van der Waals surface area contributed by atoms with Gasteiger partial charge in [-0.15, -0.1) is 0 Å². The molecule has 1 aromatic carbocycles. The number of rotatable bonds is 6. The van der Waals surface area contributed by atoms with Crippen molar-refractivity contribution >= 4 is 11.8 Å². The highest BCUT2D eigenvalue weighted by Crippen LogP contribution is 2.37. The van der Waals surface area contributed by atoms with Crippen LogP contribution in [0.2, 0.25) is 0 Å². The van der Waals surface area contributed by atoms with E-state index in [4.69, 9.17) is 4.74 Å². The van der Waals surface area contributed by atoms with Crippen molar-refractivity contribution in [1.82, 2.24) is 20.4 Å². The number of likely N-dealkylation sites (tertiary alicyclic amines) is 1. The number of H-pyrrole nitrogens is 1. The van der Waals surface area contributed by atoms with Crippen LogP contribution in [0.4, 0.5) is 0 Å². The number of benzene rings is 1. The molecule has 0 spiro atoms. The molecule has 2 aromatic rings. The van der Waals surface area contributed by atoms with E-state index in [2.05, 4.69) is 15.5 Å². The summed E-state index contributed by atoms with van der Waals surface area (Å²) in [5.74, 6) is 0.770. The number of hydrogen-bond donors (Lipinski definition) is 2. The van der Waals surface area contributed by atoms with Gasteiger partial charge >= 0.3 is 0 Å². The summed E-state index contributed by atoms with van der Waals surface area (Å²) in [5.41, 5.74) is 2.49. The Morgan fingerprint density at radius 1 is 1.27 bits per heavy atom. The largest absolute Gasteiger partial charge is 0.497 e. The van der Waals surface area contributed by atoms with Crippen molar-refractivity contribution < 1.29 is 14.3 Å². The van der Waals surface area contributed by atoms with Gasteiger partial charge in [0.15, 0.2) is 0 Å². The minimum Gasteiger partial charge on any atom is -0.497 e. The minimum atomic E-state index is -0.615. The Balaban J connectivity index is 1.54. The number of carbonyl (C=O) groups is 2. The van der Waals surface area contributed by atoms with Crippen LogP contribution in [0, 0.1) is 19.3 Å².